The minimum atomic E-state index is -0.0850. The number of rotatable bonds is 7. The van der Waals surface area contributed by atoms with E-state index in [0.717, 1.165) is 24.1 Å². The van der Waals surface area contributed by atoms with Gasteiger partial charge < -0.3 is 5.32 Å². The van der Waals surface area contributed by atoms with Gasteiger partial charge in [-0.25, -0.2) is 4.79 Å². The second-order valence-corrected chi connectivity index (χ2v) is 7.71. The number of carbonyl (C=O) groups excluding carboxylic acids is 1. The fourth-order valence-electron chi connectivity index (χ4n) is 4.28. The maximum absolute atomic E-state index is 12.6. The van der Waals surface area contributed by atoms with Crippen molar-refractivity contribution in [3.8, 4) is 0 Å². The summed E-state index contributed by atoms with van der Waals surface area (Å²) >= 11 is 0. The number of para-hydroxylation sites is 2. The Morgan fingerprint density at radius 3 is 2.38 bits per heavy atom. The van der Waals surface area contributed by atoms with Crippen molar-refractivity contribution in [2.24, 2.45) is 7.05 Å². The first-order valence-corrected chi connectivity index (χ1v) is 10.3. The molecular formula is C23H28N4O2. The summed E-state index contributed by atoms with van der Waals surface area (Å²) in [5.41, 5.74) is 2.90. The fourth-order valence-corrected chi connectivity index (χ4v) is 4.28. The summed E-state index contributed by atoms with van der Waals surface area (Å²) in [7, 11) is 1.77. The number of nitrogens with one attached hydrogen (secondary N) is 1. The van der Waals surface area contributed by atoms with Crippen molar-refractivity contribution in [3.05, 3.63) is 70.6 Å². The summed E-state index contributed by atoms with van der Waals surface area (Å²) in [6.07, 6.45) is 2.71. The lowest BCUT2D eigenvalue weighted by Gasteiger charge is -2.28. The summed E-state index contributed by atoms with van der Waals surface area (Å²) in [4.78, 5) is 27.5. The van der Waals surface area contributed by atoms with Gasteiger partial charge >= 0.3 is 5.69 Å². The number of benzene rings is 2. The maximum Gasteiger partial charge on any atom is 0.328 e. The smallest absolute Gasteiger partial charge is 0.328 e. The van der Waals surface area contributed by atoms with Gasteiger partial charge in [-0.05, 0) is 43.6 Å². The van der Waals surface area contributed by atoms with E-state index in [1.165, 1.54) is 18.4 Å². The third-order valence-electron chi connectivity index (χ3n) is 5.87. The molecule has 1 fully saturated rings. The van der Waals surface area contributed by atoms with Crippen molar-refractivity contribution in [2.75, 3.05) is 19.6 Å². The normalized spacial score (nSPS) is 15.6. The van der Waals surface area contributed by atoms with Gasteiger partial charge in [-0.3, -0.25) is 18.8 Å². The van der Waals surface area contributed by atoms with Crippen molar-refractivity contribution in [1.82, 2.24) is 19.4 Å². The van der Waals surface area contributed by atoms with Crippen LogP contribution >= 0.6 is 0 Å². The Labute approximate surface area is 170 Å². The van der Waals surface area contributed by atoms with E-state index >= 15 is 0 Å². The topological polar surface area (TPSA) is 59.3 Å². The molecule has 1 aliphatic heterocycles. The van der Waals surface area contributed by atoms with Gasteiger partial charge in [-0.2, -0.15) is 0 Å². The van der Waals surface area contributed by atoms with Crippen molar-refractivity contribution < 1.29 is 4.79 Å². The van der Waals surface area contributed by atoms with Crippen LogP contribution in [0, 0.1) is 0 Å². The highest BCUT2D eigenvalue weighted by Crippen LogP contribution is 2.24. The SMILES string of the molecule is Cn1c(=O)n(CCC(=O)NCC(c2ccccc2)N2CCCC2)c2ccccc21. The van der Waals surface area contributed by atoms with Crippen LogP contribution in [0.5, 0.6) is 0 Å². The maximum atomic E-state index is 12.6. The van der Waals surface area contributed by atoms with E-state index in [1.54, 1.807) is 16.2 Å². The molecule has 0 radical (unpaired) electrons. The van der Waals surface area contributed by atoms with E-state index in [2.05, 4.69) is 22.3 Å². The highest BCUT2D eigenvalue weighted by Gasteiger charge is 2.23. The van der Waals surface area contributed by atoms with Gasteiger partial charge in [0.25, 0.3) is 0 Å². The van der Waals surface area contributed by atoms with E-state index < -0.39 is 0 Å². The van der Waals surface area contributed by atoms with Crippen LogP contribution in [0.3, 0.4) is 0 Å². The zero-order valence-electron chi connectivity index (χ0n) is 16.9. The van der Waals surface area contributed by atoms with Gasteiger partial charge in [0.05, 0.1) is 17.1 Å². The summed E-state index contributed by atoms with van der Waals surface area (Å²) in [6, 6.07) is 18.3. The first kappa shape index (κ1) is 19.5. The van der Waals surface area contributed by atoms with E-state index in [0.29, 0.717) is 13.1 Å². The van der Waals surface area contributed by atoms with Crippen LogP contribution in [-0.2, 0) is 18.4 Å². The predicted molar refractivity (Wildman–Crippen MR) is 115 cm³/mol. The monoisotopic (exact) mass is 392 g/mol. The van der Waals surface area contributed by atoms with E-state index in [-0.39, 0.29) is 24.1 Å². The van der Waals surface area contributed by atoms with Gasteiger partial charge in [0.2, 0.25) is 5.91 Å². The van der Waals surface area contributed by atoms with Crippen molar-refractivity contribution >= 4 is 16.9 Å². The second kappa shape index (κ2) is 8.66. The van der Waals surface area contributed by atoms with Crippen LogP contribution < -0.4 is 11.0 Å². The van der Waals surface area contributed by atoms with E-state index in [9.17, 15) is 9.59 Å². The molecule has 1 aromatic heterocycles. The van der Waals surface area contributed by atoms with Gasteiger partial charge in [0.15, 0.2) is 0 Å². The Morgan fingerprint density at radius 2 is 1.66 bits per heavy atom. The second-order valence-electron chi connectivity index (χ2n) is 7.71. The molecule has 29 heavy (non-hydrogen) atoms. The molecule has 0 spiro atoms. The Bertz CT molecular complexity index is 1030. The number of hydrogen-bond donors (Lipinski definition) is 1. The number of aromatic nitrogens is 2. The molecule has 0 saturated carbocycles. The van der Waals surface area contributed by atoms with Crippen LogP contribution in [0.15, 0.2) is 59.4 Å². The van der Waals surface area contributed by atoms with Gasteiger partial charge in [0.1, 0.15) is 0 Å². The molecule has 3 aromatic rings. The molecule has 1 atom stereocenters. The van der Waals surface area contributed by atoms with E-state index in [1.807, 2.05) is 42.5 Å². The number of carbonyl (C=O) groups is 1. The molecule has 1 N–H and O–H groups in total. The van der Waals surface area contributed by atoms with Crippen LogP contribution in [0.1, 0.15) is 30.9 Å². The van der Waals surface area contributed by atoms with Crippen molar-refractivity contribution in [2.45, 2.75) is 31.8 Å². The number of fused-ring (bicyclic) bond motifs is 1. The number of imidazole rings is 1. The molecule has 2 heterocycles. The molecule has 6 nitrogen and oxygen atoms in total. The average Bonchev–Trinajstić information content (AvgIpc) is 3.36. The first-order valence-electron chi connectivity index (χ1n) is 10.3. The van der Waals surface area contributed by atoms with Crippen LogP contribution in [0.25, 0.3) is 11.0 Å². The quantitative estimate of drug-likeness (QED) is 0.673. The standard InChI is InChI=1S/C23H28N4O2/c1-25-19-11-5-6-12-20(19)27(23(25)29)16-13-22(28)24-17-21(26-14-7-8-15-26)18-9-3-2-4-10-18/h2-6,9-12,21H,7-8,13-17H2,1H3,(H,24,28). The number of likely N-dealkylation sites (tertiary alicyclic amines) is 1. The van der Waals surface area contributed by atoms with Crippen LogP contribution in [0.2, 0.25) is 0 Å². The molecular weight excluding hydrogens is 364 g/mol. The van der Waals surface area contributed by atoms with Crippen LogP contribution in [0.4, 0.5) is 0 Å². The zero-order chi connectivity index (χ0) is 20.2. The minimum Gasteiger partial charge on any atom is -0.354 e. The molecule has 1 unspecified atom stereocenters. The molecule has 0 aliphatic carbocycles. The lowest BCUT2D eigenvalue weighted by atomic mass is 10.1. The molecule has 0 bridgehead atoms. The van der Waals surface area contributed by atoms with Crippen LogP contribution in [-0.4, -0.2) is 39.6 Å². The van der Waals surface area contributed by atoms with Crippen molar-refractivity contribution in [3.63, 3.8) is 0 Å². The highest BCUT2D eigenvalue weighted by molar-refractivity contribution is 5.78. The molecule has 1 aliphatic rings. The molecule has 152 valence electrons. The van der Waals surface area contributed by atoms with E-state index in [4.69, 9.17) is 0 Å². The first-order chi connectivity index (χ1) is 14.1. The summed E-state index contributed by atoms with van der Waals surface area (Å²) < 4.78 is 3.32. The zero-order valence-corrected chi connectivity index (χ0v) is 16.9. The Balaban J connectivity index is 1.41. The Hall–Kier alpha value is -2.86. The molecule has 4 rings (SSSR count). The lowest BCUT2D eigenvalue weighted by Crippen LogP contribution is -2.37. The Kier molecular flexibility index (Phi) is 5.81. The highest BCUT2D eigenvalue weighted by atomic mass is 16.2. The predicted octanol–water partition coefficient (Wildman–Crippen LogP) is 2.68. The van der Waals surface area contributed by atoms with Crippen molar-refractivity contribution in [1.29, 1.82) is 0 Å². The number of nitrogens with zero attached hydrogens (tertiary/aromatic N) is 3. The largest absolute Gasteiger partial charge is 0.354 e. The van der Waals surface area contributed by atoms with Gasteiger partial charge in [0, 0.05) is 26.6 Å². The number of aryl methyl sites for hydroxylation is 2. The summed E-state index contributed by atoms with van der Waals surface area (Å²) in [6.45, 7) is 3.11. The third-order valence-corrected chi connectivity index (χ3v) is 5.87. The molecule has 1 saturated heterocycles. The summed E-state index contributed by atoms with van der Waals surface area (Å²) in [5.74, 6) is -0.0232. The molecule has 1 amide bonds. The molecule has 6 heteroatoms. The Morgan fingerprint density at radius 1 is 1.00 bits per heavy atom. The van der Waals surface area contributed by atoms with Gasteiger partial charge in [-0.1, -0.05) is 42.5 Å². The minimum absolute atomic E-state index is 0.0232. The molecule has 2 aromatic carbocycles. The number of amides is 1. The fraction of sp³-hybridized carbons (Fsp3) is 0.391. The lowest BCUT2D eigenvalue weighted by molar-refractivity contribution is -0.121. The average molecular weight is 393 g/mol. The third kappa shape index (κ3) is 4.12. The number of hydrogen-bond acceptors (Lipinski definition) is 3. The van der Waals surface area contributed by atoms with Gasteiger partial charge in [-0.15, -0.1) is 0 Å². The summed E-state index contributed by atoms with van der Waals surface area (Å²) in [5, 5.41) is 3.10.